The Kier molecular flexibility index (Phi) is 3.31. The van der Waals surface area contributed by atoms with E-state index in [0.717, 1.165) is 0 Å². The van der Waals surface area contributed by atoms with Gasteiger partial charge in [0, 0.05) is 13.1 Å². The molecule has 1 atom stereocenters. The van der Waals surface area contributed by atoms with Crippen LogP contribution in [0, 0.1) is 5.92 Å². The summed E-state index contributed by atoms with van der Waals surface area (Å²) >= 11 is 11.4. The van der Waals surface area contributed by atoms with E-state index in [-0.39, 0.29) is 28.3 Å². The number of likely N-dealkylation sites (tertiary alicyclic amines) is 1. The van der Waals surface area contributed by atoms with Gasteiger partial charge >= 0.3 is 5.97 Å². The van der Waals surface area contributed by atoms with E-state index in [1.54, 1.807) is 0 Å². The van der Waals surface area contributed by atoms with Crippen molar-refractivity contribution in [2.24, 2.45) is 5.92 Å². The lowest BCUT2D eigenvalue weighted by Crippen LogP contribution is -2.30. The van der Waals surface area contributed by atoms with Crippen LogP contribution in [-0.2, 0) is 4.79 Å². The fraction of sp³-hybridized carbons (Fsp3) is 0.400. The van der Waals surface area contributed by atoms with Gasteiger partial charge in [-0.15, -0.1) is 0 Å². The minimum Gasteiger partial charge on any atom is -0.481 e. The van der Waals surface area contributed by atoms with Crippen LogP contribution < -0.4 is 0 Å². The van der Waals surface area contributed by atoms with Crippen LogP contribution >= 0.6 is 23.2 Å². The molecule has 1 saturated heterocycles. The van der Waals surface area contributed by atoms with Gasteiger partial charge in [0.15, 0.2) is 0 Å². The molecule has 1 aliphatic rings. The molecule has 0 unspecified atom stereocenters. The second-order valence-electron chi connectivity index (χ2n) is 3.92. The van der Waals surface area contributed by atoms with Crippen LogP contribution in [0.1, 0.15) is 16.9 Å². The van der Waals surface area contributed by atoms with Crippen LogP contribution in [0.15, 0.2) is 6.07 Å². The van der Waals surface area contributed by atoms with Crippen molar-refractivity contribution in [3.8, 4) is 0 Å². The largest absolute Gasteiger partial charge is 0.481 e. The van der Waals surface area contributed by atoms with E-state index < -0.39 is 11.9 Å². The molecule has 1 aromatic heterocycles. The molecule has 1 aliphatic heterocycles. The molecule has 1 fully saturated rings. The van der Waals surface area contributed by atoms with Gasteiger partial charge in [0.2, 0.25) is 0 Å². The van der Waals surface area contributed by atoms with Gasteiger partial charge < -0.3 is 15.0 Å². The molecule has 92 valence electrons. The molecule has 0 aromatic carbocycles. The molecule has 7 heteroatoms. The lowest BCUT2D eigenvalue weighted by Gasteiger charge is -2.14. The Labute approximate surface area is 107 Å². The first kappa shape index (κ1) is 12.3. The summed E-state index contributed by atoms with van der Waals surface area (Å²) < 4.78 is 0. The van der Waals surface area contributed by atoms with Crippen molar-refractivity contribution in [2.45, 2.75) is 6.42 Å². The van der Waals surface area contributed by atoms with E-state index in [0.29, 0.717) is 13.0 Å². The molecule has 2 N–H and O–H groups in total. The summed E-state index contributed by atoms with van der Waals surface area (Å²) in [7, 11) is 0. The van der Waals surface area contributed by atoms with Crippen LogP contribution in [0.3, 0.4) is 0 Å². The third kappa shape index (κ3) is 2.40. The predicted octanol–water partition coefficient (Wildman–Crippen LogP) is 1.87. The van der Waals surface area contributed by atoms with Crippen molar-refractivity contribution in [1.29, 1.82) is 0 Å². The highest BCUT2D eigenvalue weighted by Gasteiger charge is 2.31. The molecular formula is C10H10Cl2N2O3. The fourth-order valence-corrected chi connectivity index (χ4v) is 2.15. The Morgan fingerprint density at radius 2 is 2.18 bits per heavy atom. The average molecular weight is 277 g/mol. The van der Waals surface area contributed by atoms with Crippen LogP contribution in [0.2, 0.25) is 10.2 Å². The summed E-state index contributed by atoms with van der Waals surface area (Å²) in [5, 5.41) is 9.34. The zero-order valence-electron chi connectivity index (χ0n) is 8.74. The van der Waals surface area contributed by atoms with Crippen molar-refractivity contribution in [1.82, 2.24) is 9.88 Å². The molecular weight excluding hydrogens is 267 g/mol. The monoisotopic (exact) mass is 276 g/mol. The van der Waals surface area contributed by atoms with Crippen molar-refractivity contribution in [3.05, 3.63) is 21.9 Å². The van der Waals surface area contributed by atoms with Crippen LogP contribution in [0.4, 0.5) is 0 Å². The number of carboxylic acids is 1. The molecule has 5 nitrogen and oxygen atoms in total. The van der Waals surface area contributed by atoms with Gasteiger partial charge in [0.05, 0.1) is 10.9 Å². The summed E-state index contributed by atoms with van der Waals surface area (Å²) in [6, 6.07) is 1.44. The predicted molar refractivity (Wildman–Crippen MR) is 62.5 cm³/mol. The van der Waals surface area contributed by atoms with Crippen LogP contribution in [-0.4, -0.2) is 40.0 Å². The topological polar surface area (TPSA) is 73.4 Å². The lowest BCUT2D eigenvalue weighted by atomic mass is 10.1. The fourth-order valence-electron chi connectivity index (χ4n) is 1.84. The Hall–Kier alpha value is -1.20. The van der Waals surface area contributed by atoms with Crippen LogP contribution in [0.25, 0.3) is 0 Å². The maximum Gasteiger partial charge on any atom is 0.308 e. The molecule has 1 amide bonds. The number of amides is 1. The van der Waals surface area contributed by atoms with E-state index in [4.69, 9.17) is 28.3 Å². The smallest absolute Gasteiger partial charge is 0.308 e. The molecule has 17 heavy (non-hydrogen) atoms. The zero-order chi connectivity index (χ0) is 12.6. The van der Waals surface area contributed by atoms with Gasteiger partial charge in [-0.05, 0) is 12.5 Å². The summed E-state index contributed by atoms with van der Waals surface area (Å²) in [6.07, 6.45) is 0.475. The Bertz CT molecular complexity index is 453. The second-order valence-corrected chi connectivity index (χ2v) is 4.71. The van der Waals surface area contributed by atoms with E-state index in [9.17, 15) is 9.59 Å². The standard InChI is InChI=1S/C10H10Cl2N2O3/c11-6-3-7(13-8(6)12)9(15)14-2-1-5(4-14)10(16)17/h3,5,13H,1-2,4H2,(H,16,17)/t5-/m1/s1. The van der Waals surface area contributed by atoms with Gasteiger partial charge in [-0.3, -0.25) is 9.59 Å². The first-order valence-corrected chi connectivity index (χ1v) is 5.80. The number of carbonyl (C=O) groups excluding carboxylic acids is 1. The zero-order valence-corrected chi connectivity index (χ0v) is 10.3. The maximum atomic E-state index is 12.0. The number of hydrogen-bond acceptors (Lipinski definition) is 2. The van der Waals surface area contributed by atoms with E-state index >= 15 is 0 Å². The molecule has 2 rings (SSSR count). The van der Waals surface area contributed by atoms with Gasteiger partial charge in [0.25, 0.3) is 5.91 Å². The summed E-state index contributed by atoms with van der Waals surface area (Å²) in [5.41, 5.74) is 0.283. The molecule has 2 heterocycles. The number of hydrogen-bond donors (Lipinski definition) is 2. The molecule has 0 bridgehead atoms. The summed E-state index contributed by atoms with van der Waals surface area (Å²) in [5.74, 6) is -1.63. The molecule has 0 saturated carbocycles. The highest BCUT2D eigenvalue weighted by atomic mass is 35.5. The molecule has 0 radical (unpaired) electrons. The molecule has 0 spiro atoms. The summed E-state index contributed by atoms with van der Waals surface area (Å²) in [6.45, 7) is 0.659. The lowest BCUT2D eigenvalue weighted by molar-refractivity contribution is -0.141. The quantitative estimate of drug-likeness (QED) is 0.866. The number of H-pyrrole nitrogens is 1. The highest BCUT2D eigenvalue weighted by molar-refractivity contribution is 6.41. The number of aromatic amines is 1. The Morgan fingerprint density at radius 3 is 2.65 bits per heavy atom. The molecule has 1 aromatic rings. The van der Waals surface area contributed by atoms with Crippen molar-refractivity contribution >= 4 is 35.1 Å². The Balaban J connectivity index is 2.09. The first-order chi connectivity index (χ1) is 7.99. The van der Waals surface area contributed by atoms with Crippen molar-refractivity contribution in [3.63, 3.8) is 0 Å². The number of nitrogens with zero attached hydrogens (tertiary/aromatic N) is 1. The van der Waals surface area contributed by atoms with Gasteiger partial charge in [-0.25, -0.2) is 0 Å². The average Bonchev–Trinajstić information content (AvgIpc) is 2.86. The SMILES string of the molecule is O=C(O)[C@@H]1CCN(C(=O)c2cc(Cl)c(Cl)[nH]2)C1. The van der Waals surface area contributed by atoms with Crippen LogP contribution in [0.5, 0.6) is 0 Å². The minimum atomic E-state index is -0.872. The van der Waals surface area contributed by atoms with Crippen molar-refractivity contribution in [2.75, 3.05) is 13.1 Å². The number of aliphatic carboxylic acids is 1. The first-order valence-electron chi connectivity index (χ1n) is 5.05. The third-order valence-corrected chi connectivity index (χ3v) is 3.47. The van der Waals surface area contributed by atoms with E-state index in [1.807, 2.05) is 0 Å². The third-order valence-electron chi connectivity index (χ3n) is 2.78. The normalized spacial score (nSPS) is 19.6. The Morgan fingerprint density at radius 1 is 1.47 bits per heavy atom. The van der Waals surface area contributed by atoms with E-state index in [2.05, 4.69) is 4.98 Å². The van der Waals surface area contributed by atoms with Gasteiger partial charge in [0.1, 0.15) is 10.8 Å². The van der Waals surface area contributed by atoms with Gasteiger partial charge in [-0.2, -0.15) is 0 Å². The number of aromatic nitrogens is 1. The number of carboxylic acid groups (broad SMARTS) is 1. The number of carbonyl (C=O) groups is 2. The molecule has 0 aliphatic carbocycles. The van der Waals surface area contributed by atoms with Gasteiger partial charge in [-0.1, -0.05) is 23.2 Å². The minimum absolute atomic E-state index is 0.212. The van der Waals surface area contributed by atoms with E-state index in [1.165, 1.54) is 11.0 Å². The number of nitrogens with one attached hydrogen (secondary N) is 1. The number of rotatable bonds is 2. The van der Waals surface area contributed by atoms with Crippen molar-refractivity contribution < 1.29 is 14.7 Å². The maximum absolute atomic E-state index is 12.0. The summed E-state index contributed by atoms with van der Waals surface area (Å²) in [4.78, 5) is 26.9. The highest BCUT2D eigenvalue weighted by Crippen LogP contribution is 2.24. The second kappa shape index (κ2) is 4.58. The number of halogens is 2.